The molecule has 0 aliphatic rings. The predicted molar refractivity (Wildman–Crippen MR) is 50.8 cm³/mol. The van der Waals surface area contributed by atoms with Crippen LogP contribution in [0, 0.1) is 0 Å². The Bertz CT molecular complexity index is 64.0. The number of rotatable bonds is 3. The van der Waals surface area contributed by atoms with Gasteiger partial charge in [0.05, 0.1) is 0 Å². The molecule has 2 heteroatoms. The fourth-order valence-electron chi connectivity index (χ4n) is 1.33. The van der Waals surface area contributed by atoms with E-state index in [1.54, 1.807) is 0 Å². The molecule has 0 fully saturated rings. The SMILES string of the molecule is CCN(C(C)C)C(C)C.CO. The third-order valence-corrected chi connectivity index (χ3v) is 1.69. The molecule has 70 valence electrons. The third-order valence-electron chi connectivity index (χ3n) is 1.69. The number of hydrogen-bond acceptors (Lipinski definition) is 2. The summed E-state index contributed by atoms with van der Waals surface area (Å²) in [6.07, 6.45) is 0. The van der Waals surface area contributed by atoms with Gasteiger partial charge in [-0.2, -0.15) is 0 Å². The molecular weight excluding hydrogens is 138 g/mol. The average molecular weight is 161 g/mol. The minimum absolute atomic E-state index is 0.690. The summed E-state index contributed by atoms with van der Waals surface area (Å²) in [6.45, 7) is 12.3. The van der Waals surface area contributed by atoms with E-state index in [4.69, 9.17) is 5.11 Å². The number of hydrogen-bond donors (Lipinski definition) is 1. The standard InChI is InChI=1S/C8H19N.CH4O/c1-6-9(7(2)3)8(4)5;1-2/h7-8H,6H2,1-5H3;2H,1H3. The van der Waals surface area contributed by atoms with Crippen molar-refractivity contribution in [1.82, 2.24) is 4.90 Å². The van der Waals surface area contributed by atoms with Gasteiger partial charge in [0.2, 0.25) is 0 Å². The molecule has 11 heavy (non-hydrogen) atoms. The normalized spacial score (nSPS) is 10.4. The second-order valence-corrected chi connectivity index (χ2v) is 3.02. The van der Waals surface area contributed by atoms with Crippen LogP contribution in [0.4, 0.5) is 0 Å². The first-order valence-electron chi connectivity index (χ1n) is 4.30. The van der Waals surface area contributed by atoms with Crippen LogP contribution >= 0.6 is 0 Å². The smallest absolute Gasteiger partial charge is 0.0319 e. The van der Waals surface area contributed by atoms with E-state index in [1.807, 2.05) is 0 Å². The lowest BCUT2D eigenvalue weighted by Gasteiger charge is -2.28. The van der Waals surface area contributed by atoms with Gasteiger partial charge in [-0.25, -0.2) is 0 Å². The molecule has 0 atom stereocenters. The van der Waals surface area contributed by atoms with Gasteiger partial charge in [-0.15, -0.1) is 0 Å². The minimum Gasteiger partial charge on any atom is -0.400 e. The Labute approximate surface area is 71.2 Å². The monoisotopic (exact) mass is 161 g/mol. The molecule has 0 aliphatic heterocycles. The lowest BCUT2D eigenvalue weighted by molar-refractivity contribution is 0.185. The van der Waals surface area contributed by atoms with Crippen molar-refractivity contribution in [2.45, 2.75) is 46.7 Å². The molecule has 0 saturated carbocycles. The molecule has 0 aromatic carbocycles. The molecule has 0 aromatic rings. The minimum atomic E-state index is 0.690. The highest BCUT2D eigenvalue weighted by Crippen LogP contribution is 2.02. The summed E-state index contributed by atoms with van der Waals surface area (Å²) in [5.41, 5.74) is 0. The first-order valence-corrected chi connectivity index (χ1v) is 4.30. The van der Waals surface area contributed by atoms with Crippen LogP contribution in [0.25, 0.3) is 0 Å². The number of aliphatic hydroxyl groups is 1. The van der Waals surface area contributed by atoms with Gasteiger partial charge in [0.25, 0.3) is 0 Å². The zero-order valence-electron chi connectivity index (χ0n) is 8.76. The Morgan fingerprint density at radius 3 is 1.27 bits per heavy atom. The Morgan fingerprint density at radius 1 is 1.00 bits per heavy atom. The van der Waals surface area contributed by atoms with Crippen molar-refractivity contribution in [1.29, 1.82) is 0 Å². The van der Waals surface area contributed by atoms with Crippen LogP contribution in [0.3, 0.4) is 0 Å². The van der Waals surface area contributed by atoms with Crippen LogP contribution < -0.4 is 0 Å². The Hall–Kier alpha value is -0.0800. The molecular formula is C9H23NO. The van der Waals surface area contributed by atoms with E-state index in [9.17, 15) is 0 Å². The first-order chi connectivity index (χ1) is 5.09. The fourth-order valence-corrected chi connectivity index (χ4v) is 1.33. The van der Waals surface area contributed by atoms with Gasteiger partial charge in [-0.3, -0.25) is 4.90 Å². The number of aliphatic hydroxyl groups excluding tert-OH is 1. The zero-order valence-corrected chi connectivity index (χ0v) is 8.76. The van der Waals surface area contributed by atoms with Crippen LogP contribution in [0.5, 0.6) is 0 Å². The lowest BCUT2D eigenvalue weighted by atomic mass is 10.2. The van der Waals surface area contributed by atoms with Gasteiger partial charge < -0.3 is 5.11 Å². The first kappa shape index (κ1) is 13.5. The summed E-state index contributed by atoms with van der Waals surface area (Å²) < 4.78 is 0. The topological polar surface area (TPSA) is 23.5 Å². The maximum Gasteiger partial charge on any atom is 0.0319 e. The van der Waals surface area contributed by atoms with E-state index in [0.717, 1.165) is 13.7 Å². The predicted octanol–water partition coefficient (Wildman–Crippen LogP) is 1.73. The maximum atomic E-state index is 7.00. The van der Waals surface area contributed by atoms with Gasteiger partial charge in [0, 0.05) is 19.2 Å². The Morgan fingerprint density at radius 2 is 1.27 bits per heavy atom. The summed E-state index contributed by atoms with van der Waals surface area (Å²) in [5.74, 6) is 0. The molecule has 0 unspecified atom stereocenters. The second kappa shape index (κ2) is 8.02. The quantitative estimate of drug-likeness (QED) is 0.681. The average Bonchev–Trinajstić information content (AvgIpc) is 1.91. The summed E-state index contributed by atoms with van der Waals surface area (Å²) in [7, 11) is 1.00. The van der Waals surface area contributed by atoms with E-state index in [1.165, 1.54) is 0 Å². The van der Waals surface area contributed by atoms with Crippen molar-refractivity contribution in [3.8, 4) is 0 Å². The Kier molecular flexibility index (Phi) is 9.85. The molecule has 0 saturated heterocycles. The summed E-state index contributed by atoms with van der Waals surface area (Å²) in [5, 5.41) is 7.00. The van der Waals surface area contributed by atoms with E-state index < -0.39 is 0 Å². The summed E-state index contributed by atoms with van der Waals surface area (Å²) >= 11 is 0. The molecule has 0 bridgehead atoms. The molecule has 0 heterocycles. The van der Waals surface area contributed by atoms with Crippen LogP contribution in [-0.4, -0.2) is 35.7 Å². The van der Waals surface area contributed by atoms with Gasteiger partial charge in [0.1, 0.15) is 0 Å². The van der Waals surface area contributed by atoms with Crippen molar-refractivity contribution in [2.24, 2.45) is 0 Å². The van der Waals surface area contributed by atoms with Crippen LogP contribution in [0.1, 0.15) is 34.6 Å². The molecule has 0 amide bonds. The van der Waals surface area contributed by atoms with E-state index in [2.05, 4.69) is 39.5 Å². The maximum absolute atomic E-state index is 7.00. The summed E-state index contributed by atoms with van der Waals surface area (Å²) in [4.78, 5) is 2.46. The van der Waals surface area contributed by atoms with Gasteiger partial charge in [-0.05, 0) is 34.2 Å². The largest absolute Gasteiger partial charge is 0.400 e. The van der Waals surface area contributed by atoms with E-state index in [-0.39, 0.29) is 0 Å². The van der Waals surface area contributed by atoms with Gasteiger partial charge in [-0.1, -0.05) is 6.92 Å². The Balaban J connectivity index is 0. The molecule has 0 spiro atoms. The molecule has 0 aliphatic carbocycles. The zero-order chi connectivity index (χ0) is 9.44. The van der Waals surface area contributed by atoms with Crippen LogP contribution in [-0.2, 0) is 0 Å². The molecule has 1 N–H and O–H groups in total. The van der Waals surface area contributed by atoms with Gasteiger partial charge >= 0.3 is 0 Å². The third kappa shape index (κ3) is 6.32. The lowest BCUT2D eigenvalue weighted by Crippen LogP contribution is -2.36. The molecule has 0 rings (SSSR count). The summed E-state index contributed by atoms with van der Waals surface area (Å²) in [6, 6.07) is 1.38. The van der Waals surface area contributed by atoms with Crippen molar-refractivity contribution in [2.75, 3.05) is 13.7 Å². The fraction of sp³-hybridized carbons (Fsp3) is 1.00. The van der Waals surface area contributed by atoms with E-state index in [0.29, 0.717) is 12.1 Å². The van der Waals surface area contributed by atoms with Crippen molar-refractivity contribution >= 4 is 0 Å². The van der Waals surface area contributed by atoms with E-state index >= 15 is 0 Å². The van der Waals surface area contributed by atoms with Crippen LogP contribution in [0.15, 0.2) is 0 Å². The van der Waals surface area contributed by atoms with Crippen molar-refractivity contribution in [3.05, 3.63) is 0 Å². The highest BCUT2D eigenvalue weighted by atomic mass is 16.2. The van der Waals surface area contributed by atoms with Crippen molar-refractivity contribution in [3.63, 3.8) is 0 Å². The highest BCUT2D eigenvalue weighted by molar-refractivity contribution is 4.64. The number of nitrogens with zero attached hydrogens (tertiary/aromatic N) is 1. The highest BCUT2D eigenvalue weighted by Gasteiger charge is 2.08. The second-order valence-electron chi connectivity index (χ2n) is 3.02. The van der Waals surface area contributed by atoms with Crippen LogP contribution in [0.2, 0.25) is 0 Å². The molecule has 2 nitrogen and oxygen atoms in total. The molecule has 0 aromatic heterocycles. The van der Waals surface area contributed by atoms with Gasteiger partial charge in [0.15, 0.2) is 0 Å². The van der Waals surface area contributed by atoms with Crippen molar-refractivity contribution < 1.29 is 5.11 Å². The molecule has 0 radical (unpaired) electrons.